The van der Waals surface area contributed by atoms with E-state index < -0.39 is 29.8 Å². The highest BCUT2D eigenvalue weighted by Gasteiger charge is 2.29. The smallest absolute Gasteiger partial charge is 0.384 e. The molecule has 0 aliphatic heterocycles. The molecule has 0 saturated carbocycles. The minimum absolute atomic E-state index is 0.0422. The highest BCUT2D eigenvalue weighted by molar-refractivity contribution is 6.01. The Kier molecular flexibility index (Phi) is 6.91. The second-order valence-corrected chi connectivity index (χ2v) is 7.59. The highest BCUT2D eigenvalue weighted by atomic mass is 19.4. The lowest BCUT2D eigenvalue weighted by atomic mass is 10.1. The predicted molar refractivity (Wildman–Crippen MR) is 104 cm³/mol. The van der Waals surface area contributed by atoms with Crippen LogP contribution in [0.3, 0.4) is 0 Å². The summed E-state index contributed by atoms with van der Waals surface area (Å²) in [6.07, 6.45) is -1.96. The third-order valence-electron chi connectivity index (χ3n) is 4.39. The van der Waals surface area contributed by atoms with Crippen LogP contribution in [-0.2, 0) is 26.7 Å². The van der Waals surface area contributed by atoms with Gasteiger partial charge in [-0.2, -0.15) is 13.2 Å². The molecule has 0 atom stereocenters. The summed E-state index contributed by atoms with van der Waals surface area (Å²) in [6, 6.07) is 0. The fourth-order valence-electron chi connectivity index (χ4n) is 3.04. The number of hydrogen-bond donors (Lipinski definition) is 1. The van der Waals surface area contributed by atoms with Gasteiger partial charge in [0.15, 0.2) is 5.78 Å². The summed E-state index contributed by atoms with van der Waals surface area (Å²) >= 11 is 0. The zero-order chi connectivity index (χ0) is 22.8. The van der Waals surface area contributed by atoms with Crippen molar-refractivity contribution in [3.05, 3.63) is 44.6 Å². The molecule has 0 saturated heterocycles. The Hall–Kier alpha value is -2.89. The zero-order valence-electron chi connectivity index (χ0n) is 17.2. The van der Waals surface area contributed by atoms with Crippen molar-refractivity contribution in [2.45, 2.75) is 39.7 Å². The molecule has 166 valence electrons. The Balaban J connectivity index is 2.26. The number of carbonyl (C=O) groups is 1. The summed E-state index contributed by atoms with van der Waals surface area (Å²) < 4.78 is 40.9. The van der Waals surface area contributed by atoms with E-state index in [4.69, 9.17) is 5.73 Å². The van der Waals surface area contributed by atoms with Gasteiger partial charge in [0.05, 0.1) is 13.1 Å². The van der Waals surface area contributed by atoms with E-state index in [9.17, 15) is 27.6 Å². The first-order valence-electron chi connectivity index (χ1n) is 9.19. The average molecular weight is 430 g/mol. The van der Waals surface area contributed by atoms with Crippen LogP contribution in [0.25, 0.3) is 0 Å². The molecule has 0 unspecified atom stereocenters. The Bertz CT molecular complexity index is 1040. The lowest BCUT2D eigenvalue weighted by Gasteiger charge is -2.19. The molecule has 0 spiro atoms. The fraction of sp³-hybridized carbons (Fsp3) is 0.556. The molecule has 0 amide bonds. The molecule has 30 heavy (non-hydrogen) atoms. The van der Waals surface area contributed by atoms with E-state index in [0.717, 1.165) is 9.13 Å². The third kappa shape index (κ3) is 5.38. The lowest BCUT2D eigenvalue weighted by Crippen LogP contribution is -2.44. The number of nitrogens with two attached hydrogens (primary N) is 1. The number of likely N-dealkylation sites (N-methyl/N-ethyl adjacent to an activating group) is 1. The molecule has 12 heteroatoms. The Labute approximate surface area is 170 Å². The van der Waals surface area contributed by atoms with E-state index in [1.54, 1.807) is 0 Å². The van der Waals surface area contributed by atoms with Gasteiger partial charge >= 0.3 is 11.9 Å². The van der Waals surface area contributed by atoms with Gasteiger partial charge < -0.3 is 10.3 Å². The lowest BCUT2D eigenvalue weighted by molar-refractivity contribution is -0.141. The number of aromatic nitrogens is 4. The first kappa shape index (κ1) is 23.4. The molecule has 0 fully saturated rings. The van der Waals surface area contributed by atoms with E-state index in [2.05, 4.69) is 4.98 Å². The van der Waals surface area contributed by atoms with Gasteiger partial charge in [-0.15, -0.1) is 0 Å². The summed E-state index contributed by atoms with van der Waals surface area (Å²) in [5, 5.41) is 0. The molecule has 2 N–H and O–H groups in total. The first-order valence-corrected chi connectivity index (χ1v) is 9.19. The minimum atomic E-state index is -4.41. The van der Waals surface area contributed by atoms with Gasteiger partial charge in [0.1, 0.15) is 23.8 Å². The predicted octanol–water partition coefficient (Wildman–Crippen LogP) is 0.859. The molecule has 0 aliphatic rings. The van der Waals surface area contributed by atoms with Gasteiger partial charge in [-0.3, -0.25) is 23.6 Å². The SMILES string of the molecule is CC(C)Cn1c(N)c(C(=O)CN(C)Cc2nccn2CC(F)(F)F)c(=O)n(C)c1=O. The zero-order valence-corrected chi connectivity index (χ0v) is 17.2. The van der Waals surface area contributed by atoms with Gasteiger partial charge in [0.2, 0.25) is 0 Å². The third-order valence-corrected chi connectivity index (χ3v) is 4.39. The molecule has 0 bridgehead atoms. The quantitative estimate of drug-likeness (QED) is 0.623. The number of nitrogens with zero attached hydrogens (tertiary/aromatic N) is 5. The van der Waals surface area contributed by atoms with Crippen molar-refractivity contribution in [1.29, 1.82) is 0 Å². The molecule has 2 rings (SSSR count). The monoisotopic (exact) mass is 430 g/mol. The second kappa shape index (κ2) is 8.86. The molecular formula is C18H25F3N6O3. The molecule has 2 aromatic heterocycles. The van der Waals surface area contributed by atoms with Gasteiger partial charge in [0.25, 0.3) is 5.56 Å². The standard InChI is InChI=1S/C18H25F3N6O3/c1-11(2)7-27-15(22)14(16(29)25(4)17(27)30)12(28)8-24(3)9-13-23-5-6-26(13)10-18(19,20)21/h5-6,11H,7-10,22H2,1-4H3. The van der Waals surface area contributed by atoms with Crippen LogP contribution >= 0.6 is 0 Å². The molecule has 0 radical (unpaired) electrons. The maximum absolute atomic E-state index is 12.8. The Morgan fingerprint density at radius 3 is 2.50 bits per heavy atom. The number of rotatable bonds is 8. The summed E-state index contributed by atoms with van der Waals surface area (Å²) in [5.74, 6) is -0.690. The number of Topliss-reactive ketones (excluding diaryl/α,β-unsaturated/α-hetero) is 1. The van der Waals surface area contributed by atoms with Crippen LogP contribution in [0.2, 0.25) is 0 Å². The van der Waals surface area contributed by atoms with Crippen LogP contribution < -0.4 is 17.0 Å². The fourth-order valence-corrected chi connectivity index (χ4v) is 3.04. The van der Waals surface area contributed by atoms with Crippen molar-refractivity contribution in [2.24, 2.45) is 13.0 Å². The first-order chi connectivity index (χ1) is 13.8. The highest BCUT2D eigenvalue weighted by Crippen LogP contribution is 2.18. The van der Waals surface area contributed by atoms with Gasteiger partial charge in [-0.25, -0.2) is 9.78 Å². The summed E-state index contributed by atoms with van der Waals surface area (Å²) in [6.45, 7) is 2.39. The van der Waals surface area contributed by atoms with Gasteiger partial charge in [-0.1, -0.05) is 13.8 Å². The number of hydrogen-bond acceptors (Lipinski definition) is 6. The molecular weight excluding hydrogens is 405 g/mol. The number of anilines is 1. The topological polar surface area (TPSA) is 108 Å². The molecule has 2 heterocycles. The minimum Gasteiger partial charge on any atom is -0.384 e. The summed E-state index contributed by atoms with van der Waals surface area (Å²) in [4.78, 5) is 42.9. The van der Waals surface area contributed by atoms with Crippen molar-refractivity contribution in [3.63, 3.8) is 0 Å². The van der Waals surface area contributed by atoms with Crippen LogP contribution in [0.5, 0.6) is 0 Å². The van der Waals surface area contributed by atoms with E-state index in [1.165, 1.54) is 36.0 Å². The van der Waals surface area contributed by atoms with E-state index in [1.807, 2.05) is 13.8 Å². The Morgan fingerprint density at radius 1 is 1.30 bits per heavy atom. The number of carbonyl (C=O) groups excluding carboxylic acids is 1. The van der Waals surface area contributed by atoms with E-state index >= 15 is 0 Å². The van der Waals surface area contributed by atoms with E-state index in [0.29, 0.717) is 0 Å². The van der Waals surface area contributed by atoms with Crippen LogP contribution in [0.15, 0.2) is 22.0 Å². The maximum atomic E-state index is 12.8. The van der Waals surface area contributed by atoms with Crippen molar-refractivity contribution in [2.75, 3.05) is 19.3 Å². The van der Waals surface area contributed by atoms with Crippen LogP contribution in [0, 0.1) is 5.92 Å². The van der Waals surface area contributed by atoms with Crippen molar-refractivity contribution < 1.29 is 18.0 Å². The van der Waals surface area contributed by atoms with Crippen molar-refractivity contribution in [3.8, 4) is 0 Å². The molecule has 0 aromatic carbocycles. The normalized spacial score (nSPS) is 12.2. The molecule has 9 nitrogen and oxygen atoms in total. The number of alkyl halides is 3. The van der Waals surface area contributed by atoms with Crippen molar-refractivity contribution >= 4 is 11.6 Å². The number of imidazole rings is 1. The average Bonchev–Trinajstić information content (AvgIpc) is 3.01. The van der Waals surface area contributed by atoms with Crippen molar-refractivity contribution in [1.82, 2.24) is 23.6 Å². The number of nitrogen functional groups attached to an aromatic ring is 1. The molecule has 2 aromatic rings. The second-order valence-electron chi connectivity index (χ2n) is 7.59. The largest absolute Gasteiger partial charge is 0.406 e. The maximum Gasteiger partial charge on any atom is 0.406 e. The van der Waals surface area contributed by atoms with Crippen LogP contribution in [0.4, 0.5) is 19.0 Å². The number of halogens is 3. The van der Waals surface area contributed by atoms with Crippen LogP contribution in [0.1, 0.15) is 30.0 Å². The number of ketones is 1. The van der Waals surface area contributed by atoms with Gasteiger partial charge in [-0.05, 0) is 13.0 Å². The van der Waals surface area contributed by atoms with E-state index in [-0.39, 0.29) is 42.8 Å². The molecule has 0 aliphatic carbocycles. The van der Waals surface area contributed by atoms with Crippen LogP contribution in [-0.4, -0.2) is 49.1 Å². The Morgan fingerprint density at radius 2 is 1.93 bits per heavy atom. The summed E-state index contributed by atoms with van der Waals surface area (Å²) in [7, 11) is 2.77. The summed E-state index contributed by atoms with van der Waals surface area (Å²) in [5.41, 5.74) is 4.23. The van der Waals surface area contributed by atoms with Gasteiger partial charge in [0, 0.05) is 26.0 Å².